The summed E-state index contributed by atoms with van der Waals surface area (Å²) in [6, 6.07) is 7.83. The van der Waals surface area contributed by atoms with Gasteiger partial charge in [0.05, 0.1) is 34.8 Å². The Balaban J connectivity index is 1.52. The molecule has 6 aromatic rings. The molecule has 0 atom stereocenters. The first-order valence-corrected chi connectivity index (χ1v) is 9.77. The second-order valence-electron chi connectivity index (χ2n) is 7.32. The molecule has 0 amide bonds. The van der Waals surface area contributed by atoms with Crippen LogP contribution in [0.4, 0.5) is 0 Å². The summed E-state index contributed by atoms with van der Waals surface area (Å²) in [5, 5.41) is 7.54. The fraction of sp³-hybridized carbons (Fsp3) is 0.0909. The topological polar surface area (TPSA) is 114 Å². The second kappa shape index (κ2) is 6.56. The summed E-state index contributed by atoms with van der Waals surface area (Å²) in [6.07, 6.45) is 8.94. The van der Waals surface area contributed by atoms with Gasteiger partial charge in [0.2, 0.25) is 0 Å². The summed E-state index contributed by atoms with van der Waals surface area (Å²) in [7, 11) is 1.98. The van der Waals surface area contributed by atoms with E-state index in [0.717, 1.165) is 50.4 Å². The molecule has 6 aromatic heterocycles. The average Bonchev–Trinajstić information content (AvgIpc) is 3.50. The first-order valence-electron chi connectivity index (χ1n) is 9.77. The molecule has 2 N–H and O–H groups in total. The third-order valence-corrected chi connectivity index (χ3v) is 5.48. The Hall–Kier alpha value is -4.40. The minimum atomic E-state index is 0.630. The summed E-state index contributed by atoms with van der Waals surface area (Å²) in [6.45, 7) is 1.97. The van der Waals surface area contributed by atoms with Crippen molar-refractivity contribution in [3.05, 3.63) is 61.1 Å². The molecule has 0 bridgehead atoms. The van der Waals surface area contributed by atoms with E-state index in [1.165, 1.54) is 0 Å². The Labute approximate surface area is 176 Å². The van der Waals surface area contributed by atoms with Gasteiger partial charge in [0.15, 0.2) is 11.5 Å². The first-order chi connectivity index (χ1) is 15.2. The second-order valence-corrected chi connectivity index (χ2v) is 7.32. The van der Waals surface area contributed by atoms with Crippen molar-refractivity contribution in [2.45, 2.75) is 6.92 Å². The predicted molar refractivity (Wildman–Crippen MR) is 117 cm³/mol. The molecule has 0 fully saturated rings. The third-order valence-electron chi connectivity index (χ3n) is 5.48. The molecule has 9 heteroatoms. The van der Waals surface area contributed by atoms with Gasteiger partial charge in [-0.05, 0) is 25.1 Å². The minimum absolute atomic E-state index is 0.630. The first kappa shape index (κ1) is 17.5. The lowest BCUT2D eigenvalue weighted by molar-refractivity contribution is 0.862. The lowest BCUT2D eigenvalue weighted by Gasteiger charge is -2.03. The van der Waals surface area contributed by atoms with Crippen LogP contribution >= 0.6 is 0 Å². The molecule has 0 saturated heterocycles. The van der Waals surface area contributed by atoms with Crippen LogP contribution in [-0.2, 0) is 7.05 Å². The molecule has 0 unspecified atom stereocenters. The number of aryl methyl sites for hydroxylation is 1. The molecule has 0 aliphatic carbocycles. The zero-order valence-corrected chi connectivity index (χ0v) is 16.8. The zero-order chi connectivity index (χ0) is 20.9. The maximum atomic E-state index is 4.87. The van der Waals surface area contributed by atoms with Crippen molar-refractivity contribution in [1.82, 2.24) is 44.7 Å². The molecular weight excluding hydrogens is 390 g/mol. The Bertz CT molecular complexity index is 1560. The van der Waals surface area contributed by atoms with Gasteiger partial charge in [0, 0.05) is 36.8 Å². The fourth-order valence-electron chi connectivity index (χ4n) is 3.73. The number of aromatic amines is 2. The van der Waals surface area contributed by atoms with Crippen molar-refractivity contribution in [3.8, 4) is 34.0 Å². The molecule has 0 aliphatic heterocycles. The summed E-state index contributed by atoms with van der Waals surface area (Å²) in [5.41, 5.74) is 7.51. The lowest BCUT2D eigenvalue weighted by atomic mass is 10.1. The van der Waals surface area contributed by atoms with Gasteiger partial charge in [-0.15, -0.1) is 0 Å². The number of H-pyrrole nitrogens is 2. The minimum Gasteiger partial charge on any atom is -0.335 e. The van der Waals surface area contributed by atoms with Crippen molar-refractivity contribution < 1.29 is 0 Å². The monoisotopic (exact) mass is 407 g/mol. The van der Waals surface area contributed by atoms with E-state index in [1.54, 1.807) is 24.8 Å². The van der Waals surface area contributed by atoms with Crippen LogP contribution in [0, 0.1) is 6.92 Å². The van der Waals surface area contributed by atoms with E-state index in [-0.39, 0.29) is 0 Å². The molecule has 0 aromatic carbocycles. The van der Waals surface area contributed by atoms with Crippen LogP contribution < -0.4 is 0 Å². The van der Waals surface area contributed by atoms with Crippen LogP contribution in [0.3, 0.4) is 0 Å². The average molecular weight is 407 g/mol. The summed E-state index contributed by atoms with van der Waals surface area (Å²) >= 11 is 0. The van der Waals surface area contributed by atoms with Gasteiger partial charge in [-0.3, -0.25) is 15.1 Å². The van der Waals surface area contributed by atoms with Crippen LogP contribution in [0.25, 0.3) is 56.1 Å². The maximum absolute atomic E-state index is 4.87. The van der Waals surface area contributed by atoms with E-state index in [4.69, 9.17) is 9.97 Å². The summed E-state index contributed by atoms with van der Waals surface area (Å²) < 4.78 is 2.01. The predicted octanol–water partition coefficient (Wildman–Crippen LogP) is 3.67. The van der Waals surface area contributed by atoms with Gasteiger partial charge >= 0.3 is 0 Å². The Kier molecular flexibility index (Phi) is 3.69. The number of nitrogens with one attached hydrogen (secondary N) is 2. The van der Waals surface area contributed by atoms with E-state index < -0.39 is 0 Å². The van der Waals surface area contributed by atoms with Gasteiger partial charge in [-0.25, -0.2) is 15.0 Å². The molecule has 6 heterocycles. The van der Waals surface area contributed by atoms with Crippen LogP contribution in [-0.4, -0.2) is 44.7 Å². The molecule has 9 nitrogen and oxygen atoms in total. The molecule has 0 saturated carbocycles. The van der Waals surface area contributed by atoms with E-state index in [2.05, 4.69) is 30.1 Å². The van der Waals surface area contributed by atoms with Crippen molar-refractivity contribution in [3.63, 3.8) is 0 Å². The van der Waals surface area contributed by atoms with Gasteiger partial charge < -0.3 is 9.55 Å². The van der Waals surface area contributed by atoms with E-state index in [0.29, 0.717) is 11.5 Å². The highest BCUT2D eigenvalue weighted by Gasteiger charge is 2.18. The van der Waals surface area contributed by atoms with Crippen LogP contribution in [0.15, 0.2) is 55.2 Å². The molecule has 0 aliphatic rings. The van der Waals surface area contributed by atoms with E-state index >= 15 is 0 Å². The van der Waals surface area contributed by atoms with Crippen molar-refractivity contribution in [2.75, 3.05) is 0 Å². The van der Waals surface area contributed by atoms with Gasteiger partial charge in [-0.1, -0.05) is 6.07 Å². The highest BCUT2D eigenvalue weighted by atomic mass is 15.2. The highest BCUT2D eigenvalue weighted by Crippen LogP contribution is 2.31. The quantitative estimate of drug-likeness (QED) is 0.463. The highest BCUT2D eigenvalue weighted by molar-refractivity contribution is 5.95. The standard InChI is InChI=1S/C22H17N9/c1-12-25-11-18(31(12)2)15-5-6-16-20(26-15)21(30-29-16)22-27-17-10-24-9-14(19(17)28-22)13-4-3-7-23-8-13/h3-11H,1-2H3,(H,27,28)(H,29,30). The number of imidazole rings is 2. The summed E-state index contributed by atoms with van der Waals surface area (Å²) in [4.78, 5) is 26.0. The van der Waals surface area contributed by atoms with Gasteiger partial charge in [-0.2, -0.15) is 5.10 Å². The maximum Gasteiger partial charge on any atom is 0.161 e. The number of fused-ring (bicyclic) bond motifs is 2. The van der Waals surface area contributed by atoms with Crippen LogP contribution in [0.1, 0.15) is 5.82 Å². The fourth-order valence-corrected chi connectivity index (χ4v) is 3.73. The zero-order valence-electron chi connectivity index (χ0n) is 16.8. The number of hydrogen-bond donors (Lipinski definition) is 2. The summed E-state index contributed by atoms with van der Waals surface area (Å²) in [5.74, 6) is 1.56. The Morgan fingerprint density at radius 3 is 2.65 bits per heavy atom. The number of nitrogens with zero attached hydrogens (tertiary/aromatic N) is 7. The number of pyridine rings is 3. The molecule has 0 radical (unpaired) electrons. The smallest absolute Gasteiger partial charge is 0.161 e. The molecular formula is C22H17N9. The SMILES string of the molecule is Cc1ncc(-c2ccc3[nH]nc(-c4nc5c(-c6cccnc6)cncc5[nH]4)c3n2)n1C. The van der Waals surface area contributed by atoms with Crippen LogP contribution in [0.5, 0.6) is 0 Å². The van der Waals surface area contributed by atoms with E-state index in [9.17, 15) is 0 Å². The lowest BCUT2D eigenvalue weighted by Crippen LogP contribution is -1.96. The number of aromatic nitrogens is 9. The normalized spacial score (nSPS) is 11.5. The van der Waals surface area contributed by atoms with Crippen molar-refractivity contribution in [2.24, 2.45) is 7.05 Å². The molecule has 6 rings (SSSR count). The number of hydrogen-bond acceptors (Lipinski definition) is 6. The Morgan fingerprint density at radius 2 is 1.84 bits per heavy atom. The Morgan fingerprint density at radius 1 is 0.903 bits per heavy atom. The number of rotatable bonds is 3. The third kappa shape index (κ3) is 2.71. The van der Waals surface area contributed by atoms with Crippen molar-refractivity contribution >= 4 is 22.1 Å². The van der Waals surface area contributed by atoms with Gasteiger partial charge in [0.25, 0.3) is 0 Å². The van der Waals surface area contributed by atoms with Crippen molar-refractivity contribution in [1.29, 1.82) is 0 Å². The molecule has 31 heavy (non-hydrogen) atoms. The van der Waals surface area contributed by atoms with E-state index in [1.807, 2.05) is 49.0 Å². The molecule has 150 valence electrons. The molecule has 0 spiro atoms. The van der Waals surface area contributed by atoms with Crippen LogP contribution in [0.2, 0.25) is 0 Å². The van der Waals surface area contributed by atoms with Gasteiger partial charge in [0.1, 0.15) is 16.9 Å². The largest absolute Gasteiger partial charge is 0.335 e.